The van der Waals surface area contributed by atoms with Gasteiger partial charge in [-0.05, 0) is 74.4 Å². The number of aromatic nitrogens is 1. The molecule has 0 fully saturated rings. The number of hydrogen-bond acceptors (Lipinski definition) is 6. The molecule has 34 heavy (non-hydrogen) atoms. The highest BCUT2D eigenvalue weighted by Gasteiger charge is 2.30. The summed E-state index contributed by atoms with van der Waals surface area (Å²) in [6.07, 6.45) is 2.52. The van der Waals surface area contributed by atoms with Gasteiger partial charge in [0.1, 0.15) is 11.9 Å². The van der Waals surface area contributed by atoms with Crippen molar-refractivity contribution in [2.45, 2.75) is 31.7 Å². The van der Waals surface area contributed by atoms with Crippen LogP contribution in [0.5, 0.6) is 0 Å². The third kappa shape index (κ3) is 5.91. The third-order valence-electron chi connectivity index (χ3n) is 5.03. The van der Waals surface area contributed by atoms with Crippen LogP contribution in [0, 0.1) is 13.8 Å². The molecule has 0 aliphatic carbocycles. The molecule has 0 aliphatic heterocycles. The number of aryl methyl sites for hydroxylation is 2. The van der Waals surface area contributed by atoms with E-state index >= 15 is 0 Å². The quantitative estimate of drug-likeness (QED) is 0.487. The van der Waals surface area contributed by atoms with Gasteiger partial charge in [0.2, 0.25) is 15.9 Å². The van der Waals surface area contributed by atoms with Crippen LogP contribution in [-0.4, -0.2) is 40.0 Å². The smallest absolute Gasteiger partial charge is 0.263 e. The lowest BCUT2D eigenvalue weighted by atomic mass is 10.1. The van der Waals surface area contributed by atoms with Gasteiger partial charge in [-0.1, -0.05) is 18.2 Å². The van der Waals surface area contributed by atoms with Gasteiger partial charge in [0, 0.05) is 11.9 Å². The average Bonchev–Trinajstić information content (AvgIpc) is 2.76. The Hall–Kier alpha value is -3.44. The van der Waals surface area contributed by atoms with E-state index < -0.39 is 32.0 Å². The van der Waals surface area contributed by atoms with E-state index in [9.17, 15) is 21.6 Å². The summed E-state index contributed by atoms with van der Waals surface area (Å²) in [4.78, 5) is 16.9. The third-order valence-corrected chi connectivity index (χ3v) is 7.62. The second-order valence-electron chi connectivity index (χ2n) is 7.86. The topological polar surface area (TPSA) is 126 Å². The lowest BCUT2D eigenvalue weighted by Crippen LogP contribution is -2.45. The predicted octanol–water partition coefficient (Wildman–Crippen LogP) is 3.29. The number of rotatable bonds is 8. The first-order valence-electron chi connectivity index (χ1n) is 10.3. The zero-order chi connectivity index (χ0) is 25.1. The number of nitrogens with zero attached hydrogens (tertiary/aromatic N) is 2. The molecular weight excluding hydrogens is 476 g/mol. The van der Waals surface area contributed by atoms with E-state index in [0.717, 1.165) is 16.1 Å². The molecule has 0 saturated carbocycles. The van der Waals surface area contributed by atoms with Crippen LogP contribution in [0.1, 0.15) is 18.1 Å². The summed E-state index contributed by atoms with van der Waals surface area (Å²) >= 11 is 0. The Morgan fingerprint density at radius 2 is 1.65 bits per heavy atom. The molecule has 3 aromatic rings. The number of pyridine rings is 1. The summed E-state index contributed by atoms with van der Waals surface area (Å²) in [5.74, 6) is -0.380. The van der Waals surface area contributed by atoms with Crippen molar-refractivity contribution in [3.63, 3.8) is 0 Å². The number of hydrogen-bond donors (Lipinski definition) is 2. The Balaban J connectivity index is 1.79. The summed E-state index contributed by atoms with van der Waals surface area (Å²) in [6, 6.07) is 14.7. The first kappa shape index (κ1) is 25.2. The van der Waals surface area contributed by atoms with Crippen LogP contribution < -0.4 is 14.3 Å². The lowest BCUT2D eigenvalue weighted by Gasteiger charge is -2.29. The zero-order valence-corrected chi connectivity index (χ0v) is 20.8. The fourth-order valence-corrected chi connectivity index (χ4v) is 5.55. The maximum Gasteiger partial charge on any atom is 0.263 e. The van der Waals surface area contributed by atoms with Gasteiger partial charge in [-0.3, -0.25) is 13.8 Å². The number of carbonyl (C=O) groups excluding carboxylic acids is 1. The van der Waals surface area contributed by atoms with Crippen LogP contribution in [0.4, 0.5) is 17.2 Å². The molecule has 0 saturated heterocycles. The lowest BCUT2D eigenvalue weighted by molar-refractivity contribution is -0.116. The van der Waals surface area contributed by atoms with Crippen LogP contribution in [0.3, 0.4) is 0 Å². The molecule has 0 radical (unpaired) electrons. The highest BCUT2D eigenvalue weighted by atomic mass is 32.2. The fourth-order valence-electron chi connectivity index (χ4n) is 3.32. The minimum Gasteiger partial charge on any atom is -0.324 e. The number of carbonyl (C=O) groups is 1. The maximum absolute atomic E-state index is 12.9. The normalized spacial score (nSPS) is 12.6. The maximum atomic E-state index is 12.9. The Bertz CT molecular complexity index is 1390. The van der Waals surface area contributed by atoms with E-state index in [-0.39, 0.29) is 10.7 Å². The molecule has 3 rings (SSSR count). The van der Waals surface area contributed by atoms with Crippen molar-refractivity contribution >= 4 is 43.1 Å². The van der Waals surface area contributed by atoms with Crippen molar-refractivity contribution in [1.82, 2.24) is 4.98 Å². The first-order valence-corrected chi connectivity index (χ1v) is 13.6. The molecule has 0 aliphatic rings. The molecule has 0 spiro atoms. The molecule has 1 unspecified atom stereocenters. The molecule has 180 valence electrons. The van der Waals surface area contributed by atoms with E-state index in [1.54, 1.807) is 31.2 Å². The zero-order valence-electron chi connectivity index (χ0n) is 19.2. The molecule has 1 aromatic heterocycles. The first-order chi connectivity index (χ1) is 15.9. The summed E-state index contributed by atoms with van der Waals surface area (Å²) < 4.78 is 53.7. The molecular formula is C23H26N4O5S2. The summed E-state index contributed by atoms with van der Waals surface area (Å²) in [7, 11) is -7.64. The Morgan fingerprint density at radius 3 is 2.24 bits per heavy atom. The second kappa shape index (κ2) is 9.82. The van der Waals surface area contributed by atoms with Crippen molar-refractivity contribution in [3.8, 4) is 0 Å². The number of amides is 1. The van der Waals surface area contributed by atoms with Crippen LogP contribution in [0.25, 0.3) is 0 Å². The van der Waals surface area contributed by atoms with Crippen LogP contribution in [0.2, 0.25) is 0 Å². The number of nitrogens with one attached hydrogen (secondary N) is 2. The van der Waals surface area contributed by atoms with Gasteiger partial charge in [-0.15, -0.1) is 0 Å². The van der Waals surface area contributed by atoms with E-state index in [0.29, 0.717) is 16.9 Å². The number of benzene rings is 2. The predicted molar refractivity (Wildman–Crippen MR) is 133 cm³/mol. The summed E-state index contributed by atoms with van der Waals surface area (Å²) in [5, 5.41) is 2.65. The van der Waals surface area contributed by atoms with Crippen molar-refractivity contribution in [2.24, 2.45) is 0 Å². The summed E-state index contributed by atoms with van der Waals surface area (Å²) in [5.41, 5.74) is 2.32. The highest BCUT2D eigenvalue weighted by molar-refractivity contribution is 7.92. The Kier molecular flexibility index (Phi) is 7.27. The Labute approximate surface area is 199 Å². The monoisotopic (exact) mass is 502 g/mol. The van der Waals surface area contributed by atoms with Gasteiger partial charge in [-0.25, -0.2) is 21.8 Å². The van der Waals surface area contributed by atoms with Crippen LogP contribution in [-0.2, 0) is 24.8 Å². The molecule has 2 N–H and O–H groups in total. The van der Waals surface area contributed by atoms with Crippen molar-refractivity contribution < 1.29 is 21.6 Å². The van der Waals surface area contributed by atoms with Crippen molar-refractivity contribution in [1.29, 1.82) is 0 Å². The van der Waals surface area contributed by atoms with Gasteiger partial charge in [0.05, 0.1) is 16.8 Å². The van der Waals surface area contributed by atoms with Gasteiger partial charge >= 0.3 is 0 Å². The van der Waals surface area contributed by atoms with Crippen molar-refractivity contribution in [3.05, 3.63) is 78.0 Å². The molecule has 11 heteroatoms. The van der Waals surface area contributed by atoms with Crippen molar-refractivity contribution in [2.75, 3.05) is 20.6 Å². The molecule has 1 heterocycles. The fraction of sp³-hybridized carbons (Fsp3) is 0.217. The van der Waals surface area contributed by atoms with Gasteiger partial charge in [0.25, 0.3) is 10.0 Å². The molecule has 1 amide bonds. The van der Waals surface area contributed by atoms with Gasteiger partial charge < -0.3 is 5.32 Å². The average molecular weight is 503 g/mol. The number of anilines is 3. The SMILES string of the molecule is Cc1ccc(C)c(N(C(C)C(=O)Nc2ccc(S(=O)(=O)Nc3ccccn3)cc2)S(C)(=O)=O)c1. The minimum atomic E-state index is -3.87. The van der Waals surface area contributed by atoms with E-state index in [1.165, 1.54) is 43.5 Å². The number of sulfonamides is 2. The van der Waals surface area contributed by atoms with E-state index in [2.05, 4.69) is 15.0 Å². The highest BCUT2D eigenvalue weighted by Crippen LogP contribution is 2.27. The standard InChI is InChI=1S/C23H26N4O5S2/c1-16-8-9-17(2)21(15-16)27(33(4,29)30)18(3)23(28)25-19-10-12-20(13-11-19)34(31,32)26-22-7-5-6-14-24-22/h5-15,18H,1-4H3,(H,24,26)(H,25,28). The molecule has 2 aromatic carbocycles. The molecule has 0 bridgehead atoms. The van der Waals surface area contributed by atoms with Crippen LogP contribution in [0.15, 0.2) is 71.8 Å². The van der Waals surface area contributed by atoms with E-state index in [4.69, 9.17) is 0 Å². The molecule has 9 nitrogen and oxygen atoms in total. The van der Waals surface area contributed by atoms with Gasteiger partial charge in [0.15, 0.2) is 0 Å². The van der Waals surface area contributed by atoms with E-state index in [1.807, 2.05) is 13.0 Å². The Morgan fingerprint density at radius 1 is 0.971 bits per heavy atom. The van der Waals surface area contributed by atoms with Crippen LogP contribution >= 0.6 is 0 Å². The largest absolute Gasteiger partial charge is 0.324 e. The molecule has 1 atom stereocenters. The summed E-state index contributed by atoms with van der Waals surface area (Å²) in [6.45, 7) is 5.11. The van der Waals surface area contributed by atoms with Gasteiger partial charge in [-0.2, -0.15) is 0 Å². The minimum absolute atomic E-state index is 0.0163. The second-order valence-corrected chi connectivity index (χ2v) is 11.4.